The molecule has 1 saturated heterocycles. The van der Waals surface area contributed by atoms with Crippen molar-refractivity contribution in [3.63, 3.8) is 0 Å². The summed E-state index contributed by atoms with van der Waals surface area (Å²) in [6.07, 6.45) is 5.42. The molecule has 1 fully saturated rings. The number of hydrogen-bond donors (Lipinski definition) is 1. The molecule has 1 aromatic carbocycles. The molecule has 1 N–H and O–H groups in total. The summed E-state index contributed by atoms with van der Waals surface area (Å²) in [7, 11) is 1.73. The van der Waals surface area contributed by atoms with Crippen molar-refractivity contribution in [1.82, 2.24) is 10.2 Å². The maximum absolute atomic E-state index is 5.37. The Balaban J connectivity index is 2.09. The second-order valence-corrected chi connectivity index (χ2v) is 6.08. The van der Waals surface area contributed by atoms with Gasteiger partial charge in [-0.3, -0.25) is 4.90 Å². The smallest absolute Gasteiger partial charge is 0.119 e. The number of benzene rings is 1. The van der Waals surface area contributed by atoms with Crippen LogP contribution < -0.4 is 10.1 Å². The van der Waals surface area contributed by atoms with Gasteiger partial charge in [-0.15, -0.1) is 0 Å². The molecule has 0 aliphatic carbocycles. The summed E-state index contributed by atoms with van der Waals surface area (Å²) in [6, 6.07) is 9.55. The maximum atomic E-state index is 5.37. The average Bonchev–Trinajstić information content (AvgIpc) is 2.72. The first-order valence-electron chi connectivity index (χ1n) is 8.36. The van der Waals surface area contributed by atoms with Crippen molar-refractivity contribution >= 4 is 0 Å². The minimum atomic E-state index is 0.380. The molecule has 0 spiro atoms. The van der Waals surface area contributed by atoms with Crippen LogP contribution in [0.1, 0.15) is 51.1 Å². The third kappa shape index (κ3) is 4.72. The first kappa shape index (κ1) is 16.3. The average molecular weight is 290 g/mol. The number of likely N-dealkylation sites (N-methyl/N-ethyl adjacent to an activating group) is 1. The van der Waals surface area contributed by atoms with E-state index in [1.165, 1.54) is 37.8 Å². The summed E-state index contributed by atoms with van der Waals surface area (Å²) < 4.78 is 5.37. The van der Waals surface area contributed by atoms with Gasteiger partial charge in [0.05, 0.1) is 7.11 Å². The number of methoxy groups -OCH3 is 1. The summed E-state index contributed by atoms with van der Waals surface area (Å²) in [5.74, 6) is 0.944. The molecule has 1 heterocycles. The number of rotatable bonds is 6. The minimum Gasteiger partial charge on any atom is -0.497 e. The van der Waals surface area contributed by atoms with Gasteiger partial charge in [-0.25, -0.2) is 0 Å². The highest BCUT2D eigenvalue weighted by atomic mass is 16.5. The van der Waals surface area contributed by atoms with Gasteiger partial charge in [-0.2, -0.15) is 0 Å². The van der Waals surface area contributed by atoms with Gasteiger partial charge >= 0.3 is 0 Å². The molecule has 0 amide bonds. The first-order chi connectivity index (χ1) is 10.2. The summed E-state index contributed by atoms with van der Waals surface area (Å²) in [6.45, 7) is 7.86. The molecule has 3 nitrogen and oxygen atoms in total. The lowest BCUT2D eigenvalue weighted by Crippen LogP contribution is -2.40. The van der Waals surface area contributed by atoms with Gasteiger partial charge in [-0.05, 0) is 50.6 Å². The van der Waals surface area contributed by atoms with Gasteiger partial charge in [0, 0.05) is 18.6 Å². The molecule has 2 atom stereocenters. The lowest BCUT2D eigenvalue weighted by molar-refractivity contribution is 0.191. The van der Waals surface area contributed by atoms with Gasteiger partial charge < -0.3 is 10.1 Å². The highest BCUT2D eigenvalue weighted by molar-refractivity contribution is 5.30. The number of nitrogens with zero attached hydrogens (tertiary/aromatic N) is 1. The second kappa shape index (κ2) is 8.40. The molecule has 3 heteroatoms. The largest absolute Gasteiger partial charge is 0.497 e. The first-order valence-corrected chi connectivity index (χ1v) is 8.36. The summed E-state index contributed by atoms with van der Waals surface area (Å²) in [5, 5.41) is 3.64. The van der Waals surface area contributed by atoms with Crippen LogP contribution in [0.2, 0.25) is 0 Å². The van der Waals surface area contributed by atoms with E-state index in [1.807, 2.05) is 6.07 Å². The molecular weight excluding hydrogens is 260 g/mol. The SMILES string of the molecule is CCNC(CN1CCCCCC1C)c1cccc(OC)c1. The second-order valence-electron chi connectivity index (χ2n) is 6.08. The van der Waals surface area contributed by atoms with E-state index < -0.39 is 0 Å². The van der Waals surface area contributed by atoms with Crippen LogP contribution in [0.4, 0.5) is 0 Å². The van der Waals surface area contributed by atoms with Crippen molar-refractivity contribution in [2.24, 2.45) is 0 Å². The van der Waals surface area contributed by atoms with Crippen LogP contribution >= 0.6 is 0 Å². The fraction of sp³-hybridized carbons (Fsp3) is 0.667. The standard InChI is InChI=1S/C18H30N2O/c1-4-19-18(16-10-8-11-17(13-16)21-3)14-20-12-7-5-6-9-15(20)2/h8,10-11,13,15,18-19H,4-7,9,12,14H2,1-3H3. The molecule has 1 aliphatic heterocycles. The summed E-state index contributed by atoms with van der Waals surface area (Å²) in [5.41, 5.74) is 1.33. The molecule has 1 aromatic rings. The van der Waals surface area contributed by atoms with E-state index >= 15 is 0 Å². The Bertz CT molecular complexity index is 421. The van der Waals surface area contributed by atoms with E-state index in [9.17, 15) is 0 Å². The Morgan fingerprint density at radius 1 is 1.33 bits per heavy atom. The predicted octanol–water partition coefficient (Wildman–Crippen LogP) is 3.61. The predicted molar refractivity (Wildman–Crippen MR) is 88.9 cm³/mol. The van der Waals surface area contributed by atoms with Crippen molar-refractivity contribution < 1.29 is 4.74 Å². The third-order valence-corrected chi connectivity index (χ3v) is 4.55. The Morgan fingerprint density at radius 3 is 2.95 bits per heavy atom. The molecule has 0 radical (unpaired) electrons. The van der Waals surface area contributed by atoms with Gasteiger partial charge in [0.1, 0.15) is 5.75 Å². The summed E-state index contributed by atoms with van der Waals surface area (Å²) in [4.78, 5) is 2.65. The third-order valence-electron chi connectivity index (χ3n) is 4.55. The number of ether oxygens (including phenoxy) is 1. The monoisotopic (exact) mass is 290 g/mol. The molecule has 21 heavy (non-hydrogen) atoms. The molecule has 1 aliphatic rings. The Kier molecular flexibility index (Phi) is 6.52. The van der Waals surface area contributed by atoms with E-state index in [4.69, 9.17) is 4.74 Å². The molecular formula is C18H30N2O. The zero-order valence-corrected chi connectivity index (χ0v) is 13.8. The Labute approximate surface area is 129 Å². The van der Waals surface area contributed by atoms with E-state index in [0.717, 1.165) is 18.8 Å². The molecule has 0 bridgehead atoms. The van der Waals surface area contributed by atoms with Crippen molar-refractivity contribution in [2.45, 2.75) is 51.6 Å². The van der Waals surface area contributed by atoms with Crippen molar-refractivity contribution in [3.8, 4) is 5.75 Å². The van der Waals surface area contributed by atoms with E-state index in [2.05, 4.69) is 42.3 Å². The van der Waals surface area contributed by atoms with E-state index in [0.29, 0.717) is 12.1 Å². The van der Waals surface area contributed by atoms with Crippen LogP contribution in [-0.2, 0) is 0 Å². The van der Waals surface area contributed by atoms with Crippen LogP contribution in [0.15, 0.2) is 24.3 Å². The van der Waals surface area contributed by atoms with Crippen LogP contribution in [0.3, 0.4) is 0 Å². The van der Waals surface area contributed by atoms with Crippen LogP contribution in [0.5, 0.6) is 5.75 Å². The lowest BCUT2D eigenvalue weighted by Gasteiger charge is -2.31. The minimum absolute atomic E-state index is 0.380. The van der Waals surface area contributed by atoms with Crippen molar-refractivity contribution in [3.05, 3.63) is 29.8 Å². The van der Waals surface area contributed by atoms with Crippen LogP contribution in [0, 0.1) is 0 Å². The van der Waals surface area contributed by atoms with Gasteiger partial charge in [0.2, 0.25) is 0 Å². The lowest BCUT2D eigenvalue weighted by atomic mass is 10.0. The van der Waals surface area contributed by atoms with E-state index in [-0.39, 0.29) is 0 Å². The number of likely N-dealkylation sites (tertiary alicyclic amines) is 1. The molecule has 0 saturated carbocycles. The zero-order valence-electron chi connectivity index (χ0n) is 13.8. The number of hydrogen-bond acceptors (Lipinski definition) is 3. The van der Waals surface area contributed by atoms with Gasteiger partial charge in [-0.1, -0.05) is 31.9 Å². The zero-order chi connectivity index (χ0) is 15.1. The van der Waals surface area contributed by atoms with E-state index in [1.54, 1.807) is 7.11 Å². The molecule has 0 aromatic heterocycles. The fourth-order valence-electron chi connectivity index (χ4n) is 3.23. The molecule has 2 rings (SSSR count). The Morgan fingerprint density at radius 2 is 2.19 bits per heavy atom. The normalized spacial score (nSPS) is 21.8. The fourth-order valence-corrected chi connectivity index (χ4v) is 3.23. The van der Waals surface area contributed by atoms with Crippen molar-refractivity contribution in [1.29, 1.82) is 0 Å². The van der Waals surface area contributed by atoms with Crippen LogP contribution in [0.25, 0.3) is 0 Å². The highest BCUT2D eigenvalue weighted by Crippen LogP contribution is 2.23. The van der Waals surface area contributed by atoms with Gasteiger partial charge in [0.15, 0.2) is 0 Å². The van der Waals surface area contributed by atoms with Gasteiger partial charge in [0.25, 0.3) is 0 Å². The summed E-state index contributed by atoms with van der Waals surface area (Å²) >= 11 is 0. The topological polar surface area (TPSA) is 24.5 Å². The maximum Gasteiger partial charge on any atom is 0.119 e. The Hall–Kier alpha value is -1.06. The highest BCUT2D eigenvalue weighted by Gasteiger charge is 2.21. The van der Waals surface area contributed by atoms with Crippen molar-refractivity contribution in [2.75, 3.05) is 26.7 Å². The number of nitrogens with one attached hydrogen (secondary N) is 1. The molecule has 118 valence electrons. The molecule has 2 unspecified atom stereocenters. The quantitative estimate of drug-likeness (QED) is 0.866. The van der Waals surface area contributed by atoms with Crippen LogP contribution in [-0.4, -0.2) is 37.7 Å².